The van der Waals surface area contributed by atoms with Gasteiger partial charge in [0, 0.05) is 25.9 Å². The summed E-state index contributed by atoms with van der Waals surface area (Å²) in [5.41, 5.74) is 1.43. The zero-order valence-electron chi connectivity index (χ0n) is 16.5. The first-order valence-electron chi connectivity index (χ1n) is 9.83. The lowest BCUT2D eigenvalue weighted by atomic mass is 10.1. The van der Waals surface area contributed by atoms with Gasteiger partial charge in [0.15, 0.2) is 0 Å². The van der Waals surface area contributed by atoms with E-state index in [2.05, 4.69) is 10.6 Å². The van der Waals surface area contributed by atoms with E-state index in [0.29, 0.717) is 24.5 Å². The van der Waals surface area contributed by atoms with E-state index in [0.717, 1.165) is 5.69 Å². The first kappa shape index (κ1) is 21.3. The number of halogens is 1. The van der Waals surface area contributed by atoms with Crippen LogP contribution in [0.3, 0.4) is 0 Å². The maximum Gasteiger partial charge on any atom is 0.227 e. The molecule has 30 heavy (non-hydrogen) atoms. The third-order valence-electron chi connectivity index (χ3n) is 4.64. The van der Waals surface area contributed by atoms with Crippen molar-refractivity contribution in [2.75, 3.05) is 31.1 Å². The molecule has 2 aromatic carbocycles. The fourth-order valence-corrected chi connectivity index (χ4v) is 3.13. The predicted molar refractivity (Wildman–Crippen MR) is 110 cm³/mol. The summed E-state index contributed by atoms with van der Waals surface area (Å²) in [5.74, 6) is -0.278. The molecule has 0 aromatic heterocycles. The lowest BCUT2D eigenvalue weighted by Crippen LogP contribution is -2.39. The number of nitrogens with zero attached hydrogens (tertiary/aromatic N) is 1. The van der Waals surface area contributed by atoms with Crippen molar-refractivity contribution in [1.29, 1.82) is 0 Å². The van der Waals surface area contributed by atoms with Crippen LogP contribution in [0.5, 0.6) is 5.75 Å². The Morgan fingerprint density at radius 1 is 0.933 bits per heavy atom. The molecule has 0 unspecified atom stereocenters. The van der Waals surface area contributed by atoms with E-state index in [1.807, 2.05) is 24.3 Å². The predicted octanol–water partition coefficient (Wildman–Crippen LogP) is 1.81. The van der Waals surface area contributed by atoms with Gasteiger partial charge >= 0.3 is 0 Å². The third kappa shape index (κ3) is 6.04. The maximum atomic E-state index is 12.9. The fraction of sp³-hybridized carbons (Fsp3) is 0.318. The number of ether oxygens (including phenoxy) is 1. The first-order chi connectivity index (χ1) is 14.5. The van der Waals surface area contributed by atoms with E-state index in [4.69, 9.17) is 4.74 Å². The number of carbonyl (C=O) groups is 3. The molecule has 1 heterocycles. The molecule has 3 amide bonds. The normalized spacial score (nSPS) is 12.5. The molecule has 2 N–H and O–H groups in total. The number of hydrogen-bond donors (Lipinski definition) is 2. The van der Waals surface area contributed by atoms with E-state index in [1.165, 1.54) is 12.1 Å². The second kappa shape index (κ2) is 10.4. The van der Waals surface area contributed by atoms with Gasteiger partial charge < -0.3 is 20.3 Å². The van der Waals surface area contributed by atoms with Crippen LogP contribution in [0.4, 0.5) is 10.1 Å². The van der Waals surface area contributed by atoms with Gasteiger partial charge in [0.25, 0.3) is 0 Å². The number of para-hydroxylation sites is 2. The van der Waals surface area contributed by atoms with Crippen LogP contribution in [0.25, 0.3) is 0 Å². The molecular weight excluding hydrogens is 389 g/mol. The van der Waals surface area contributed by atoms with Crippen molar-refractivity contribution in [2.45, 2.75) is 19.3 Å². The van der Waals surface area contributed by atoms with Crippen LogP contribution < -0.4 is 20.3 Å². The second-order valence-corrected chi connectivity index (χ2v) is 6.86. The lowest BCUT2D eigenvalue weighted by molar-refractivity contribution is -0.125. The topological polar surface area (TPSA) is 87.7 Å². The van der Waals surface area contributed by atoms with Crippen LogP contribution in [-0.4, -0.2) is 44.0 Å². The van der Waals surface area contributed by atoms with E-state index in [1.54, 1.807) is 17.0 Å². The third-order valence-corrected chi connectivity index (χ3v) is 4.64. The Morgan fingerprint density at radius 2 is 1.63 bits per heavy atom. The number of carbonyl (C=O) groups excluding carboxylic acids is 3. The van der Waals surface area contributed by atoms with E-state index in [-0.39, 0.29) is 55.9 Å². The van der Waals surface area contributed by atoms with Gasteiger partial charge in [-0.25, -0.2) is 4.39 Å². The Bertz CT molecular complexity index is 902. The van der Waals surface area contributed by atoms with Gasteiger partial charge in [0.05, 0.1) is 18.7 Å². The van der Waals surface area contributed by atoms with Crippen LogP contribution in [-0.2, 0) is 20.8 Å². The SMILES string of the molecule is O=C(CCC(=O)N1CCOc2ccccc21)NCCNC(=O)Cc1ccc(F)cc1. The second-order valence-electron chi connectivity index (χ2n) is 6.86. The molecule has 7 nitrogen and oxygen atoms in total. The molecule has 0 radical (unpaired) electrons. The summed E-state index contributed by atoms with van der Waals surface area (Å²) in [7, 11) is 0. The smallest absolute Gasteiger partial charge is 0.227 e. The van der Waals surface area contributed by atoms with Crippen LogP contribution in [0.1, 0.15) is 18.4 Å². The number of rotatable bonds is 8. The van der Waals surface area contributed by atoms with Crippen LogP contribution in [0.15, 0.2) is 48.5 Å². The minimum atomic E-state index is -0.349. The molecule has 1 aliphatic rings. The summed E-state index contributed by atoms with van der Waals surface area (Å²) in [6.45, 7) is 1.42. The van der Waals surface area contributed by atoms with Gasteiger partial charge in [-0.2, -0.15) is 0 Å². The molecule has 3 rings (SSSR count). The standard InChI is InChI=1S/C22H24FN3O4/c23-17-7-5-16(6-8-17)15-21(28)25-12-11-24-20(27)9-10-22(29)26-13-14-30-19-4-2-1-3-18(19)26/h1-8H,9-15H2,(H,24,27)(H,25,28). The van der Waals surface area contributed by atoms with Gasteiger partial charge in [-0.3, -0.25) is 14.4 Å². The number of anilines is 1. The fourth-order valence-electron chi connectivity index (χ4n) is 3.13. The Kier molecular flexibility index (Phi) is 7.37. The van der Waals surface area contributed by atoms with Gasteiger partial charge in [-0.15, -0.1) is 0 Å². The summed E-state index contributed by atoms with van der Waals surface area (Å²) >= 11 is 0. The average Bonchev–Trinajstić information content (AvgIpc) is 2.76. The first-order valence-corrected chi connectivity index (χ1v) is 9.83. The molecule has 0 aliphatic carbocycles. The summed E-state index contributed by atoms with van der Waals surface area (Å²) < 4.78 is 18.4. The summed E-state index contributed by atoms with van der Waals surface area (Å²) in [4.78, 5) is 38.0. The van der Waals surface area contributed by atoms with E-state index in [9.17, 15) is 18.8 Å². The molecule has 2 aromatic rings. The Labute approximate surface area is 174 Å². The quantitative estimate of drug-likeness (QED) is 0.646. The van der Waals surface area contributed by atoms with Crippen molar-refractivity contribution < 1.29 is 23.5 Å². The molecule has 0 bridgehead atoms. The summed E-state index contributed by atoms with van der Waals surface area (Å²) in [6, 6.07) is 13.0. The molecule has 0 fully saturated rings. The largest absolute Gasteiger partial charge is 0.490 e. The van der Waals surface area contributed by atoms with Crippen LogP contribution in [0, 0.1) is 5.82 Å². The molecular formula is C22H24FN3O4. The summed E-state index contributed by atoms with van der Waals surface area (Å²) in [5, 5.41) is 5.38. The van der Waals surface area contributed by atoms with Gasteiger partial charge in [-0.05, 0) is 29.8 Å². The Balaban J connectivity index is 1.33. The minimum absolute atomic E-state index is 0.0713. The van der Waals surface area contributed by atoms with Crippen molar-refractivity contribution in [2.24, 2.45) is 0 Å². The monoisotopic (exact) mass is 413 g/mol. The number of benzene rings is 2. The molecule has 0 saturated carbocycles. The van der Waals surface area contributed by atoms with E-state index < -0.39 is 0 Å². The van der Waals surface area contributed by atoms with Gasteiger partial charge in [0.1, 0.15) is 18.2 Å². The highest BCUT2D eigenvalue weighted by molar-refractivity contribution is 5.97. The van der Waals surface area contributed by atoms with Crippen molar-refractivity contribution in [3.05, 3.63) is 59.9 Å². The molecule has 0 atom stereocenters. The van der Waals surface area contributed by atoms with Crippen LogP contribution in [0.2, 0.25) is 0 Å². The highest BCUT2D eigenvalue weighted by atomic mass is 19.1. The van der Waals surface area contributed by atoms with Crippen molar-refractivity contribution in [3.63, 3.8) is 0 Å². The van der Waals surface area contributed by atoms with E-state index >= 15 is 0 Å². The molecule has 158 valence electrons. The van der Waals surface area contributed by atoms with Crippen molar-refractivity contribution >= 4 is 23.4 Å². The van der Waals surface area contributed by atoms with Crippen LogP contribution >= 0.6 is 0 Å². The highest BCUT2D eigenvalue weighted by Crippen LogP contribution is 2.31. The number of hydrogen-bond acceptors (Lipinski definition) is 4. The highest BCUT2D eigenvalue weighted by Gasteiger charge is 2.23. The minimum Gasteiger partial charge on any atom is -0.490 e. The zero-order chi connectivity index (χ0) is 21.3. The molecule has 1 aliphatic heterocycles. The molecule has 0 saturated heterocycles. The summed E-state index contributed by atoms with van der Waals surface area (Å²) in [6.07, 6.45) is 0.308. The van der Waals surface area contributed by atoms with Gasteiger partial charge in [0.2, 0.25) is 17.7 Å². The van der Waals surface area contributed by atoms with Crippen molar-refractivity contribution in [1.82, 2.24) is 10.6 Å². The Morgan fingerprint density at radius 3 is 2.40 bits per heavy atom. The Hall–Kier alpha value is -3.42. The number of amides is 3. The average molecular weight is 413 g/mol. The lowest BCUT2D eigenvalue weighted by Gasteiger charge is -2.29. The van der Waals surface area contributed by atoms with Gasteiger partial charge in [-0.1, -0.05) is 24.3 Å². The molecule has 0 spiro atoms. The number of nitrogens with one attached hydrogen (secondary N) is 2. The maximum absolute atomic E-state index is 12.9. The molecule has 8 heteroatoms. The van der Waals surface area contributed by atoms with Crippen molar-refractivity contribution in [3.8, 4) is 5.75 Å². The number of fused-ring (bicyclic) bond motifs is 1. The zero-order valence-corrected chi connectivity index (χ0v) is 16.5.